The van der Waals surface area contributed by atoms with Crippen molar-refractivity contribution >= 4 is 5.91 Å². The van der Waals surface area contributed by atoms with Crippen LogP contribution in [0, 0.1) is 23.7 Å². The Bertz CT molecular complexity index is 289. The van der Waals surface area contributed by atoms with Gasteiger partial charge in [-0.25, -0.2) is 0 Å². The minimum Gasteiger partial charge on any atom is -0.342 e. The predicted octanol–water partition coefficient (Wildman–Crippen LogP) is 2.52. The number of piperidine rings is 2. The quantitative estimate of drug-likeness (QED) is 0.851. The first-order chi connectivity index (χ1) is 9.06. The Kier molecular flexibility index (Phi) is 5.26. The first-order valence-electron chi connectivity index (χ1n) is 8.04. The molecule has 2 fully saturated rings. The Morgan fingerprint density at radius 2 is 2.00 bits per heavy atom. The lowest BCUT2D eigenvalue weighted by atomic mass is 9.84. The van der Waals surface area contributed by atoms with Gasteiger partial charge in [-0.05, 0) is 56.0 Å². The molecule has 0 aromatic carbocycles. The summed E-state index contributed by atoms with van der Waals surface area (Å²) < 4.78 is 0. The molecule has 0 spiro atoms. The first kappa shape index (κ1) is 14.8. The molecule has 110 valence electrons. The van der Waals surface area contributed by atoms with Crippen LogP contribution in [-0.4, -0.2) is 37.0 Å². The van der Waals surface area contributed by atoms with Crippen molar-refractivity contribution in [3.8, 4) is 0 Å². The minimum absolute atomic E-state index is 0.386. The number of carbonyl (C=O) groups is 1. The van der Waals surface area contributed by atoms with Gasteiger partial charge in [0.05, 0.1) is 0 Å². The molecule has 0 saturated carbocycles. The zero-order chi connectivity index (χ0) is 13.8. The number of nitrogens with zero attached hydrogens (tertiary/aromatic N) is 1. The number of carbonyl (C=O) groups excluding carboxylic acids is 1. The third-order valence-electron chi connectivity index (χ3n) is 4.86. The molecule has 2 aliphatic rings. The van der Waals surface area contributed by atoms with Crippen LogP contribution in [0.2, 0.25) is 0 Å². The summed E-state index contributed by atoms with van der Waals surface area (Å²) in [4.78, 5) is 14.6. The van der Waals surface area contributed by atoms with Gasteiger partial charge >= 0.3 is 0 Å². The van der Waals surface area contributed by atoms with Gasteiger partial charge < -0.3 is 10.2 Å². The van der Waals surface area contributed by atoms with Crippen LogP contribution in [0.1, 0.15) is 46.5 Å². The fourth-order valence-electron chi connectivity index (χ4n) is 3.80. The highest BCUT2D eigenvalue weighted by Crippen LogP contribution is 2.26. The molecular weight excluding hydrogens is 236 g/mol. The first-order valence-corrected chi connectivity index (χ1v) is 8.04. The summed E-state index contributed by atoms with van der Waals surface area (Å²) >= 11 is 0. The molecule has 0 aromatic rings. The normalized spacial score (nSPS) is 34.1. The summed E-state index contributed by atoms with van der Waals surface area (Å²) in [5.41, 5.74) is 0. The maximum atomic E-state index is 12.4. The van der Waals surface area contributed by atoms with Crippen LogP contribution in [-0.2, 0) is 4.79 Å². The maximum absolute atomic E-state index is 12.4. The number of likely N-dealkylation sites (tertiary alicyclic amines) is 1. The van der Waals surface area contributed by atoms with E-state index in [1.165, 1.54) is 19.3 Å². The molecule has 4 atom stereocenters. The molecule has 2 aliphatic heterocycles. The lowest BCUT2D eigenvalue weighted by Crippen LogP contribution is -2.44. The molecule has 3 nitrogen and oxygen atoms in total. The second-order valence-electron chi connectivity index (χ2n) is 7.03. The lowest BCUT2D eigenvalue weighted by molar-refractivity contribution is -0.135. The molecule has 1 N–H and O–H groups in total. The number of hydrogen-bond acceptors (Lipinski definition) is 2. The average molecular weight is 266 g/mol. The summed E-state index contributed by atoms with van der Waals surface area (Å²) in [5.74, 6) is 2.93. The fourth-order valence-corrected chi connectivity index (χ4v) is 3.80. The molecule has 0 radical (unpaired) electrons. The van der Waals surface area contributed by atoms with Crippen LogP contribution in [0.3, 0.4) is 0 Å². The van der Waals surface area contributed by atoms with Crippen molar-refractivity contribution in [3.05, 3.63) is 0 Å². The predicted molar refractivity (Wildman–Crippen MR) is 78.9 cm³/mol. The van der Waals surface area contributed by atoms with E-state index in [9.17, 15) is 4.79 Å². The van der Waals surface area contributed by atoms with Crippen molar-refractivity contribution in [1.29, 1.82) is 0 Å². The molecule has 2 rings (SSSR count). The Hall–Kier alpha value is -0.570. The number of amides is 1. The third kappa shape index (κ3) is 4.20. The molecule has 0 bridgehead atoms. The molecule has 3 heteroatoms. The van der Waals surface area contributed by atoms with Gasteiger partial charge in [-0.3, -0.25) is 4.79 Å². The van der Waals surface area contributed by atoms with Crippen LogP contribution in [0.5, 0.6) is 0 Å². The monoisotopic (exact) mass is 266 g/mol. The van der Waals surface area contributed by atoms with E-state index in [1.807, 2.05) is 0 Å². The van der Waals surface area contributed by atoms with Crippen molar-refractivity contribution in [1.82, 2.24) is 10.2 Å². The van der Waals surface area contributed by atoms with E-state index in [4.69, 9.17) is 0 Å². The van der Waals surface area contributed by atoms with E-state index in [1.54, 1.807) is 0 Å². The van der Waals surface area contributed by atoms with Gasteiger partial charge in [0, 0.05) is 19.5 Å². The molecule has 19 heavy (non-hydrogen) atoms. The van der Waals surface area contributed by atoms with Gasteiger partial charge in [0.15, 0.2) is 0 Å². The summed E-state index contributed by atoms with van der Waals surface area (Å²) in [6.07, 6.45) is 4.56. The highest BCUT2D eigenvalue weighted by molar-refractivity contribution is 5.76. The van der Waals surface area contributed by atoms with E-state index < -0.39 is 0 Å². The zero-order valence-corrected chi connectivity index (χ0v) is 12.8. The second kappa shape index (κ2) is 6.74. The topological polar surface area (TPSA) is 32.3 Å². The Morgan fingerprint density at radius 3 is 2.58 bits per heavy atom. The molecule has 1 amide bonds. The third-order valence-corrected chi connectivity index (χ3v) is 4.86. The van der Waals surface area contributed by atoms with Gasteiger partial charge in [0.25, 0.3) is 0 Å². The number of nitrogens with one attached hydrogen (secondary N) is 1. The summed E-state index contributed by atoms with van der Waals surface area (Å²) in [6, 6.07) is 0. The van der Waals surface area contributed by atoms with Gasteiger partial charge in [-0.1, -0.05) is 20.8 Å². The van der Waals surface area contributed by atoms with Crippen molar-refractivity contribution in [2.75, 3.05) is 26.2 Å². The van der Waals surface area contributed by atoms with Gasteiger partial charge in [0.1, 0.15) is 0 Å². The molecule has 2 saturated heterocycles. The molecule has 0 aromatic heterocycles. The van der Waals surface area contributed by atoms with Crippen molar-refractivity contribution in [2.24, 2.45) is 23.7 Å². The smallest absolute Gasteiger partial charge is 0.222 e. The summed E-state index contributed by atoms with van der Waals surface area (Å²) in [7, 11) is 0. The molecule has 0 aliphatic carbocycles. The van der Waals surface area contributed by atoms with Gasteiger partial charge in [-0.15, -0.1) is 0 Å². The Labute approximate surface area is 118 Å². The lowest BCUT2D eigenvalue weighted by Gasteiger charge is -2.36. The van der Waals surface area contributed by atoms with E-state index in [0.29, 0.717) is 29.6 Å². The molecule has 4 unspecified atom stereocenters. The van der Waals surface area contributed by atoms with Crippen molar-refractivity contribution in [3.63, 3.8) is 0 Å². The van der Waals surface area contributed by atoms with Crippen molar-refractivity contribution < 1.29 is 4.79 Å². The highest BCUT2D eigenvalue weighted by atomic mass is 16.2. The largest absolute Gasteiger partial charge is 0.342 e. The zero-order valence-electron chi connectivity index (χ0n) is 12.8. The van der Waals surface area contributed by atoms with Crippen LogP contribution in [0.15, 0.2) is 0 Å². The average Bonchev–Trinajstić information content (AvgIpc) is 2.38. The maximum Gasteiger partial charge on any atom is 0.222 e. The van der Waals surface area contributed by atoms with E-state index in [2.05, 4.69) is 31.0 Å². The Balaban J connectivity index is 1.82. The van der Waals surface area contributed by atoms with Gasteiger partial charge in [-0.2, -0.15) is 0 Å². The van der Waals surface area contributed by atoms with E-state index in [0.717, 1.165) is 32.6 Å². The Morgan fingerprint density at radius 1 is 1.32 bits per heavy atom. The SMILES string of the molecule is CC1CC(C)CN(C(=O)CC(C)C2CCCNC2)C1. The second-order valence-corrected chi connectivity index (χ2v) is 7.03. The molecular formula is C16H30N2O. The van der Waals surface area contributed by atoms with Gasteiger partial charge in [0.2, 0.25) is 5.91 Å². The summed E-state index contributed by atoms with van der Waals surface area (Å²) in [5, 5.41) is 3.46. The molecule has 2 heterocycles. The van der Waals surface area contributed by atoms with E-state index in [-0.39, 0.29) is 0 Å². The van der Waals surface area contributed by atoms with Crippen LogP contribution >= 0.6 is 0 Å². The standard InChI is InChI=1S/C16H30N2O/c1-12-7-13(2)11-18(10-12)16(19)8-14(3)15-5-4-6-17-9-15/h12-15,17H,4-11H2,1-3H3. The van der Waals surface area contributed by atoms with Crippen molar-refractivity contribution in [2.45, 2.75) is 46.5 Å². The highest BCUT2D eigenvalue weighted by Gasteiger charge is 2.28. The van der Waals surface area contributed by atoms with Crippen LogP contribution in [0.25, 0.3) is 0 Å². The fraction of sp³-hybridized carbons (Fsp3) is 0.938. The van der Waals surface area contributed by atoms with Crippen LogP contribution in [0.4, 0.5) is 0 Å². The summed E-state index contributed by atoms with van der Waals surface area (Å²) in [6.45, 7) is 11.0. The minimum atomic E-state index is 0.386. The number of hydrogen-bond donors (Lipinski definition) is 1. The number of rotatable bonds is 3. The van der Waals surface area contributed by atoms with Crippen LogP contribution < -0.4 is 5.32 Å². The van der Waals surface area contributed by atoms with E-state index >= 15 is 0 Å².